The van der Waals surface area contributed by atoms with Gasteiger partial charge in [0.2, 0.25) is 5.91 Å². The second kappa shape index (κ2) is 9.95. The fraction of sp³-hybridized carbons (Fsp3) is 0.450. The molecule has 25 heavy (non-hydrogen) atoms. The molecule has 1 atom stereocenters. The number of carbonyl (C=O) groups is 1. The number of amides is 1. The van der Waals surface area contributed by atoms with Crippen LogP contribution in [-0.2, 0) is 17.8 Å². The number of benzene rings is 1. The Bertz CT molecular complexity index is 653. The highest BCUT2D eigenvalue weighted by molar-refractivity contribution is 7.11. The predicted octanol–water partition coefficient (Wildman–Crippen LogP) is 4.19. The van der Waals surface area contributed by atoms with Crippen LogP contribution in [0.15, 0.2) is 42.5 Å². The summed E-state index contributed by atoms with van der Waals surface area (Å²) in [6.45, 7) is 4.68. The topological polar surface area (TPSA) is 32.3 Å². The Labute approximate surface area is 160 Å². The zero-order valence-corrected chi connectivity index (χ0v) is 16.4. The number of hydrogen-bond donors (Lipinski definition) is 1. The summed E-state index contributed by atoms with van der Waals surface area (Å²) in [6, 6.07) is 15.1. The summed E-state index contributed by atoms with van der Waals surface area (Å²) in [5.41, 5.74) is 1.29. The Hall–Kier alpha value is -1.36. The summed E-state index contributed by atoms with van der Waals surface area (Å²) in [5, 5.41) is 3.44. The highest BCUT2D eigenvalue weighted by Gasteiger charge is 2.22. The van der Waals surface area contributed by atoms with Crippen molar-refractivity contribution in [3.8, 4) is 0 Å². The number of carbonyl (C=O) groups excluding carboxylic acids is 1. The summed E-state index contributed by atoms with van der Waals surface area (Å²) in [4.78, 5) is 17.4. The second-order valence-electron chi connectivity index (χ2n) is 6.56. The standard InChI is InChI=1S/C20H26N2OS.ClH/c1-16-9-10-19(24-16)15-22(13-11-17-6-3-2-4-7-17)20(23)14-18-8-5-12-21-18;/h2-4,6-7,9-10,18,21H,5,8,11-15H2,1H3;1H. The Balaban J connectivity index is 0.00000225. The zero-order chi connectivity index (χ0) is 16.8. The van der Waals surface area contributed by atoms with Gasteiger partial charge in [-0.3, -0.25) is 4.79 Å². The summed E-state index contributed by atoms with van der Waals surface area (Å²) < 4.78 is 0. The molecule has 0 radical (unpaired) electrons. The third-order valence-electron chi connectivity index (χ3n) is 4.59. The van der Waals surface area contributed by atoms with Crippen LogP contribution in [0.1, 0.15) is 34.6 Å². The molecule has 1 aromatic heterocycles. The van der Waals surface area contributed by atoms with E-state index in [9.17, 15) is 4.79 Å². The lowest BCUT2D eigenvalue weighted by Gasteiger charge is -2.24. The first kappa shape index (κ1) is 20.0. The molecular formula is C20H27ClN2OS. The fourth-order valence-corrected chi connectivity index (χ4v) is 4.14. The van der Waals surface area contributed by atoms with E-state index in [4.69, 9.17) is 0 Å². The highest BCUT2D eigenvalue weighted by Crippen LogP contribution is 2.19. The van der Waals surface area contributed by atoms with Crippen LogP contribution in [0.4, 0.5) is 0 Å². The summed E-state index contributed by atoms with van der Waals surface area (Å²) >= 11 is 1.79. The molecule has 1 unspecified atom stereocenters. The van der Waals surface area contributed by atoms with E-state index >= 15 is 0 Å². The van der Waals surface area contributed by atoms with Crippen LogP contribution >= 0.6 is 23.7 Å². The van der Waals surface area contributed by atoms with Gasteiger partial charge in [-0.25, -0.2) is 0 Å². The number of hydrogen-bond acceptors (Lipinski definition) is 3. The van der Waals surface area contributed by atoms with Gasteiger partial charge in [0.25, 0.3) is 0 Å². The van der Waals surface area contributed by atoms with Gasteiger partial charge in [0.05, 0.1) is 6.54 Å². The van der Waals surface area contributed by atoms with Crippen molar-refractivity contribution in [3.05, 3.63) is 57.8 Å². The molecule has 1 saturated heterocycles. The maximum atomic E-state index is 12.8. The lowest BCUT2D eigenvalue weighted by atomic mass is 10.1. The van der Waals surface area contributed by atoms with Crippen molar-refractivity contribution in [2.45, 2.75) is 45.2 Å². The average Bonchev–Trinajstić information content (AvgIpc) is 3.24. The van der Waals surface area contributed by atoms with E-state index in [0.717, 1.165) is 32.5 Å². The van der Waals surface area contributed by atoms with Crippen LogP contribution in [0.5, 0.6) is 0 Å². The van der Waals surface area contributed by atoms with Gasteiger partial charge < -0.3 is 10.2 Å². The van der Waals surface area contributed by atoms with Crippen molar-refractivity contribution in [3.63, 3.8) is 0 Å². The van der Waals surface area contributed by atoms with Gasteiger partial charge >= 0.3 is 0 Å². The van der Waals surface area contributed by atoms with E-state index in [0.29, 0.717) is 12.5 Å². The van der Waals surface area contributed by atoms with Crippen LogP contribution in [0, 0.1) is 6.92 Å². The van der Waals surface area contributed by atoms with Crippen LogP contribution < -0.4 is 5.32 Å². The van der Waals surface area contributed by atoms with Gasteiger partial charge in [-0.05, 0) is 50.4 Å². The van der Waals surface area contributed by atoms with Gasteiger partial charge in [0, 0.05) is 28.8 Å². The van der Waals surface area contributed by atoms with Crippen LogP contribution in [0.2, 0.25) is 0 Å². The average molecular weight is 379 g/mol. The molecule has 0 aliphatic carbocycles. The summed E-state index contributed by atoms with van der Waals surface area (Å²) in [5.74, 6) is 0.274. The first-order valence-corrected chi connectivity index (χ1v) is 9.63. The molecule has 0 spiro atoms. The molecule has 1 aliphatic rings. The molecule has 1 aliphatic heterocycles. The van der Waals surface area contributed by atoms with Crippen LogP contribution in [-0.4, -0.2) is 29.9 Å². The minimum Gasteiger partial charge on any atom is -0.337 e. The monoisotopic (exact) mass is 378 g/mol. The van der Waals surface area contributed by atoms with E-state index < -0.39 is 0 Å². The molecule has 5 heteroatoms. The van der Waals surface area contributed by atoms with Crippen molar-refractivity contribution in [1.82, 2.24) is 10.2 Å². The largest absolute Gasteiger partial charge is 0.337 e. The first-order chi connectivity index (χ1) is 11.7. The molecule has 1 aromatic carbocycles. The highest BCUT2D eigenvalue weighted by atomic mass is 35.5. The third kappa shape index (κ3) is 6.14. The number of rotatable bonds is 7. The normalized spacial score (nSPS) is 16.4. The molecule has 3 rings (SSSR count). The lowest BCUT2D eigenvalue weighted by Crippen LogP contribution is -2.36. The second-order valence-corrected chi connectivity index (χ2v) is 7.93. The third-order valence-corrected chi connectivity index (χ3v) is 5.58. The van der Waals surface area contributed by atoms with Crippen molar-refractivity contribution in [1.29, 1.82) is 0 Å². The number of halogens is 1. The molecule has 0 saturated carbocycles. The Morgan fingerprint density at radius 2 is 2.04 bits per heavy atom. The number of aryl methyl sites for hydroxylation is 1. The van der Waals surface area contributed by atoms with Crippen molar-refractivity contribution >= 4 is 29.7 Å². The minimum atomic E-state index is 0. The summed E-state index contributed by atoms with van der Waals surface area (Å²) in [6.07, 6.45) is 3.84. The number of nitrogens with zero attached hydrogens (tertiary/aromatic N) is 1. The molecular weight excluding hydrogens is 352 g/mol. The molecule has 2 heterocycles. The Kier molecular flexibility index (Phi) is 7.94. The van der Waals surface area contributed by atoms with E-state index in [1.807, 2.05) is 11.0 Å². The number of thiophene rings is 1. The molecule has 1 amide bonds. The Morgan fingerprint density at radius 3 is 2.68 bits per heavy atom. The van der Waals surface area contributed by atoms with E-state index in [2.05, 4.69) is 48.6 Å². The summed E-state index contributed by atoms with van der Waals surface area (Å²) in [7, 11) is 0. The molecule has 1 N–H and O–H groups in total. The Morgan fingerprint density at radius 1 is 1.24 bits per heavy atom. The zero-order valence-electron chi connectivity index (χ0n) is 14.7. The molecule has 0 bridgehead atoms. The van der Waals surface area contributed by atoms with Gasteiger partial charge in [0.15, 0.2) is 0 Å². The fourth-order valence-electron chi connectivity index (χ4n) is 3.23. The van der Waals surface area contributed by atoms with Gasteiger partial charge in [0.1, 0.15) is 0 Å². The van der Waals surface area contributed by atoms with Crippen molar-refractivity contribution in [2.24, 2.45) is 0 Å². The minimum absolute atomic E-state index is 0. The van der Waals surface area contributed by atoms with Crippen LogP contribution in [0.3, 0.4) is 0 Å². The molecule has 2 aromatic rings. The number of nitrogens with one attached hydrogen (secondary N) is 1. The SMILES string of the molecule is Cc1ccc(CN(CCc2ccccc2)C(=O)CC2CCCN2)s1.Cl. The maximum Gasteiger partial charge on any atom is 0.224 e. The molecule has 136 valence electrons. The maximum absolute atomic E-state index is 12.8. The molecule has 3 nitrogen and oxygen atoms in total. The quantitative estimate of drug-likeness (QED) is 0.783. The van der Waals surface area contributed by atoms with Gasteiger partial charge in [-0.2, -0.15) is 0 Å². The predicted molar refractivity (Wildman–Crippen MR) is 108 cm³/mol. The van der Waals surface area contributed by atoms with Gasteiger partial charge in [-0.15, -0.1) is 23.7 Å². The van der Waals surface area contributed by atoms with Gasteiger partial charge in [-0.1, -0.05) is 30.3 Å². The molecule has 1 fully saturated rings. The van der Waals surface area contributed by atoms with E-state index in [1.165, 1.54) is 21.7 Å². The first-order valence-electron chi connectivity index (χ1n) is 8.81. The van der Waals surface area contributed by atoms with E-state index in [-0.39, 0.29) is 18.3 Å². The smallest absolute Gasteiger partial charge is 0.224 e. The van der Waals surface area contributed by atoms with Crippen molar-refractivity contribution < 1.29 is 4.79 Å². The van der Waals surface area contributed by atoms with Crippen molar-refractivity contribution in [2.75, 3.05) is 13.1 Å². The van der Waals surface area contributed by atoms with Crippen LogP contribution in [0.25, 0.3) is 0 Å². The lowest BCUT2D eigenvalue weighted by molar-refractivity contribution is -0.132. The van der Waals surface area contributed by atoms with E-state index in [1.54, 1.807) is 11.3 Å².